The maximum Gasteiger partial charge on any atom is 0.227 e. The van der Waals surface area contributed by atoms with Gasteiger partial charge >= 0.3 is 0 Å². The summed E-state index contributed by atoms with van der Waals surface area (Å²) < 4.78 is 1.14. The smallest absolute Gasteiger partial charge is 0.227 e. The molecule has 2 aromatic rings. The van der Waals surface area contributed by atoms with E-state index < -0.39 is 0 Å². The monoisotopic (exact) mass is 413 g/mol. The highest BCUT2D eigenvalue weighted by atomic mass is 79.9. The van der Waals surface area contributed by atoms with Crippen LogP contribution in [-0.4, -0.2) is 13.0 Å². The van der Waals surface area contributed by atoms with Crippen LogP contribution >= 0.6 is 43.2 Å². The maximum atomic E-state index is 11.7. The lowest BCUT2D eigenvalue weighted by Crippen LogP contribution is -2.31. The van der Waals surface area contributed by atoms with Gasteiger partial charge < -0.3 is 4.90 Å². The molecule has 2 heterocycles. The van der Waals surface area contributed by atoms with E-state index in [2.05, 4.69) is 62.2 Å². The van der Waals surface area contributed by atoms with Crippen LogP contribution in [0.1, 0.15) is 27.3 Å². The van der Waals surface area contributed by atoms with Gasteiger partial charge in [-0.05, 0) is 51.7 Å². The Morgan fingerprint density at radius 2 is 2.05 bits per heavy atom. The highest BCUT2D eigenvalue weighted by molar-refractivity contribution is 9.11. The lowest BCUT2D eigenvalue weighted by atomic mass is 9.98. The minimum Gasteiger partial charge on any atom is -0.315 e. The summed E-state index contributed by atoms with van der Waals surface area (Å²) in [4.78, 5) is 14.9. The Labute approximate surface area is 139 Å². The first-order valence-corrected chi connectivity index (χ1v) is 8.87. The summed E-state index contributed by atoms with van der Waals surface area (Å²) in [6.45, 7) is 0. The minimum absolute atomic E-state index is 0.197. The third-order valence-electron chi connectivity index (χ3n) is 3.58. The van der Waals surface area contributed by atoms with Gasteiger partial charge in [-0.3, -0.25) is 4.79 Å². The molecule has 104 valence electrons. The number of nitrogens with zero attached hydrogens (tertiary/aromatic N) is 1. The fraction of sp³-hybridized carbons (Fsp3) is 0.267. The predicted octanol–water partition coefficient (Wildman–Crippen LogP) is 4.90. The number of fused-ring (bicyclic) bond motifs is 1. The van der Waals surface area contributed by atoms with Gasteiger partial charge in [0.25, 0.3) is 0 Å². The molecule has 5 heteroatoms. The Hall–Kier alpha value is -0.650. The summed E-state index contributed by atoms with van der Waals surface area (Å²) in [5, 5.41) is 0. The molecule has 2 nitrogen and oxygen atoms in total. The Kier molecular flexibility index (Phi) is 4.02. The first-order chi connectivity index (χ1) is 9.56. The van der Waals surface area contributed by atoms with Crippen molar-refractivity contribution in [2.75, 3.05) is 11.9 Å². The van der Waals surface area contributed by atoms with Crippen LogP contribution in [0.3, 0.4) is 0 Å². The van der Waals surface area contributed by atoms with Gasteiger partial charge in [-0.2, -0.15) is 0 Å². The number of rotatable bonds is 2. The highest BCUT2D eigenvalue weighted by Crippen LogP contribution is 2.39. The minimum atomic E-state index is 0.197. The topological polar surface area (TPSA) is 20.3 Å². The number of carbonyl (C=O) groups excluding carboxylic acids is 1. The van der Waals surface area contributed by atoms with Gasteiger partial charge in [-0.1, -0.05) is 28.1 Å². The molecule has 0 aliphatic carbocycles. The lowest BCUT2D eigenvalue weighted by Gasteiger charge is -2.26. The second kappa shape index (κ2) is 5.62. The van der Waals surface area contributed by atoms with E-state index in [0.717, 1.165) is 15.9 Å². The van der Waals surface area contributed by atoms with Crippen molar-refractivity contribution in [1.82, 2.24) is 0 Å². The van der Waals surface area contributed by atoms with Gasteiger partial charge in [0.2, 0.25) is 5.91 Å². The van der Waals surface area contributed by atoms with E-state index in [-0.39, 0.29) is 10.7 Å². The van der Waals surface area contributed by atoms with Gasteiger partial charge in [0.1, 0.15) is 0 Å². The number of thiophene rings is 1. The second-order valence-electron chi connectivity index (χ2n) is 4.85. The average Bonchev–Trinajstić information content (AvgIpc) is 2.88. The van der Waals surface area contributed by atoms with Crippen molar-refractivity contribution in [2.24, 2.45) is 0 Å². The Morgan fingerprint density at radius 1 is 1.25 bits per heavy atom. The van der Waals surface area contributed by atoms with Crippen LogP contribution < -0.4 is 4.90 Å². The molecule has 20 heavy (non-hydrogen) atoms. The summed E-state index contributed by atoms with van der Waals surface area (Å²) in [5.74, 6) is 0.197. The number of aryl methyl sites for hydroxylation is 1. The van der Waals surface area contributed by atoms with E-state index in [4.69, 9.17) is 0 Å². The molecule has 0 saturated heterocycles. The van der Waals surface area contributed by atoms with Gasteiger partial charge in [-0.15, -0.1) is 11.3 Å². The van der Waals surface area contributed by atoms with Gasteiger partial charge in [0, 0.05) is 24.0 Å². The van der Waals surface area contributed by atoms with Crippen molar-refractivity contribution in [3.63, 3.8) is 0 Å². The van der Waals surface area contributed by atoms with Crippen LogP contribution in [0.15, 0.2) is 34.1 Å². The summed E-state index contributed by atoms with van der Waals surface area (Å²) in [6, 6.07) is 10.6. The van der Waals surface area contributed by atoms with Gasteiger partial charge in [0.05, 0.1) is 8.61 Å². The largest absolute Gasteiger partial charge is 0.315 e. The van der Waals surface area contributed by atoms with E-state index in [1.165, 1.54) is 16.0 Å². The Bertz CT molecular complexity index is 668. The third-order valence-corrected chi connectivity index (χ3v) is 6.60. The fourth-order valence-electron chi connectivity index (χ4n) is 2.46. The molecule has 1 amide bonds. The number of alkyl halides is 1. The summed E-state index contributed by atoms with van der Waals surface area (Å²) in [6.07, 6.45) is 1.44. The number of carbonyl (C=O) groups is 1. The highest BCUT2D eigenvalue weighted by Gasteiger charge is 2.22. The molecule has 1 unspecified atom stereocenters. The zero-order chi connectivity index (χ0) is 14.3. The van der Waals surface area contributed by atoms with Crippen LogP contribution in [0.4, 0.5) is 5.69 Å². The molecule has 0 N–H and O–H groups in total. The van der Waals surface area contributed by atoms with E-state index in [0.29, 0.717) is 6.42 Å². The molecule has 1 aromatic carbocycles. The molecular weight excluding hydrogens is 402 g/mol. The van der Waals surface area contributed by atoms with Crippen molar-refractivity contribution in [3.8, 4) is 0 Å². The van der Waals surface area contributed by atoms with E-state index in [1.54, 1.807) is 16.2 Å². The SMILES string of the molecule is CN1C(=O)CCc2cc(C(Br)c3ccc(Br)s3)ccc21. The number of halogens is 2. The molecule has 0 spiro atoms. The van der Waals surface area contributed by atoms with E-state index in [9.17, 15) is 4.79 Å². The van der Waals surface area contributed by atoms with E-state index in [1.807, 2.05) is 7.05 Å². The summed E-state index contributed by atoms with van der Waals surface area (Å²) >= 11 is 9.01. The van der Waals surface area contributed by atoms with Gasteiger partial charge in [-0.25, -0.2) is 0 Å². The lowest BCUT2D eigenvalue weighted by molar-refractivity contribution is -0.118. The maximum absolute atomic E-state index is 11.7. The zero-order valence-corrected chi connectivity index (χ0v) is 14.9. The van der Waals surface area contributed by atoms with Crippen LogP contribution in [0, 0.1) is 0 Å². The summed E-state index contributed by atoms with van der Waals surface area (Å²) in [5.41, 5.74) is 3.53. The van der Waals surface area contributed by atoms with Crippen LogP contribution in [0.25, 0.3) is 0 Å². The molecule has 1 aromatic heterocycles. The number of anilines is 1. The van der Waals surface area contributed by atoms with Crippen LogP contribution in [0.2, 0.25) is 0 Å². The van der Waals surface area contributed by atoms with Crippen LogP contribution in [-0.2, 0) is 11.2 Å². The standard InChI is InChI=1S/C15H13Br2NOS/c1-18-11-4-2-10(8-9(11)3-7-14(18)19)15(17)12-5-6-13(16)20-12/h2,4-6,8,15H,3,7H2,1H3. The molecule has 1 atom stereocenters. The quantitative estimate of drug-likeness (QED) is 0.639. The molecule has 0 fully saturated rings. The zero-order valence-electron chi connectivity index (χ0n) is 10.9. The Balaban J connectivity index is 1.95. The first kappa shape index (κ1) is 14.3. The molecule has 0 bridgehead atoms. The Morgan fingerprint density at radius 3 is 2.75 bits per heavy atom. The third kappa shape index (κ3) is 2.59. The first-order valence-electron chi connectivity index (χ1n) is 6.35. The summed E-state index contributed by atoms with van der Waals surface area (Å²) in [7, 11) is 1.85. The predicted molar refractivity (Wildman–Crippen MR) is 91.0 cm³/mol. The van der Waals surface area contributed by atoms with E-state index >= 15 is 0 Å². The molecular formula is C15H13Br2NOS. The van der Waals surface area contributed by atoms with Crippen LogP contribution in [0.5, 0.6) is 0 Å². The van der Waals surface area contributed by atoms with Gasteiger partial charge in [0.15, 0.2) is 0 Å². The number of hydrogen-bond donors (Lipinski definition) is 0. The number of benzene rings is 1. The average molecular weight is 415 g/mol. The normalized spacial score (nSPS) is 16.1. The molecule has 3 rings (SSSR count). The molecule has 0 saturated carbocycles. The fourth-order valence-corrected chi connectivity index (χ4v) is 4.61. The van der Waals surface area contributed by atoms with Crippen molar-refractivity contribution in [1.29, 1.82) is 0 Å². The molecule has 1 aliphatic heterocycles. The van der Waals surface area contributed by atoms with Crippen molar-refractivity contribution >= 4 is 54.8 Å². The molecule has 0 radical (unpaired) electrons. The van der Waals surface area contributed by atoms with Crippen molar-refractivity contribution < 1.29 is 4.79 Å². The molecule has 1 aliphatic rings. The van der Waals surface area contributed by atoms with Crippen molar-refractivity contribution in [2.45, 2.75) is 17.7 Å². The number of amides is 1. The second-order valence-corrected chi connectivity index (χ2v) is 8.26. The number of hydrogen-bond acceptors (Lipinski definition) is 2. The van der Waals surface area contributed by atoms with Crippen molar-refractivity contribution in [3.05, 3.63) is 50.1 Å².